The smallest absolute Gasteiger partial charge is 0.301 e. The summed E-state index contributed by atoms with van der Waals surface area (Å²) in [4.78, 5) is 32.7. The number of anilines is 1. The predicted octanol–water partition coefficient (Wildman–Crippen LogP) is 5.48. The molecule has 1 atom stereocenters. The topological polar surface area (TPSA) is 98.2 Å². The number of halogens is 1. The van der Waals surface area contributed by atoms with Crippen LogP contribution in [0.5, 0.6) is 17.2 Å². The van der Waals surface area contributed by atoms with Crippen LogP contribution in [0.3, 0.4) is 0 Å². The maximum Gasteiger partial charge on any atom is 0.301 e. The molecule has 0 bridgehead atoms. The predicted molar refractivity (Wildman–Crippen MR) is 142 cm³/mol. The molecule has 1 aromatic heterocycles. The van der Waals surface area contributed by atoms with Crippen molar-refractivity contribution < 1.29 is 33.3 Å². The van der Waals surface area contributed by atoms with Crippen molar-refractivity contribution in [3.63, 3.8) is 0 Å². The first-order valence-electron chi connectivity index (χ1n) is 11.7. The van der Waals surface area contributed by atoms with Gasteiger partial charge in [0.05, 0.1) is 36.6 Å². The lowest BCUT2D eigenvalue weighted by molar-refractivity contribution is -0.132. The SMILES string of the molecule is CCOc1ccc(/C(O)=C2\C(=O)C(=O)N(c3nc4ccc(F)cc4s3)C2c2cc(OC)ccc2OC)cc1. The lowest BCUT2D eigenvalue weighted by atomic mass is 9.94. The number of methoxy groups -OCH3 is 2. The molecule has 0 saturated carbocycles. The van der Waals surface area contributed by atoms with Crippen molar-refractivity contribution in [1.29, 1.82) is 0 Å². The fourth-order valence-corrected chi connectivity index (χ4v) is 5.41. The molecule has 38 heavy (non-hydrogen) atoms. The third-order valence-corrected chi connectivity index (χ3v) is 7.18. The van der Waals surface area contributed by atoms with E-state index in [0.29, 0.717) is 45.2 Å². The van der Waals surface area contributed by atoms with E-state index in [4.69, 9.17) is 14.2 Å². The van der Waals surface area contributed by atoms with Gasteiger partial charge in [-0.25, -0.2) is 9.37 Å². The van der Waals surface area contributed by atoms with Crippen LogP contribution in [-0.4, -0.2) is 42.6 Å². The van der Waals surface area contributed by atoms with Gasteiger partial charge in [0.1, 0.15) is 34.9 Å². The van der Waals surface area contributed by atoms with Gasteiger partial charge in [0.25, 0.3) is 5.78 Å². The Morgan fingerprint density at radius 2 is 1.76 bits per heavy atom. The van der Waals surface area contributed by atoms with Crippen molar-refractivity contribution in [3.05, 3.63) is 83.2 Å². The Kier molecular flexibility index (Phi) is 6.73. The number of ether oxygens (including phenoxy) is 3. The lowest BCUT2D eigenvalue weighted by Gasteiger charge is -2.25. The Bertz CT molecular complexity index is 1580. The molecular formula is C28H23FN2O6S. The van der Waals surface area contributed by atoms with E-state index in [9.17, 15) is 19.1 Å². The van der Waals surface area contributed by atoms with Crippen LogP contribution in [-0.2, 0) is 9.59 Å². The minimum absolute atomic E-state index is 0.142. The number of hydrogen-bond acceptors (Lipinski definition) is 8. The summed E-state index contributed by atoms with van der Waals surface area (Å²) in [6.45, 7) is 2.32. The summed E-state index contributed by atoms with van der Waals surface area (Å²) < 4.78 is 30.8. The zero-order valence-electron chi connectivity index (χ0n) is 20.7. The van der Waals surface area contributed by atoms with E-state index in [1.54, 1.807) is 42.5 Å². The summed E-state index contributed by atoms with van der Waals surface area (Å²) in [6, 6.07) is 14.5. The number of aliphatic hydroxyl groups excluding tert-OH is 1. The van der Waals surface area contributed by atoms with E-state index < -0.39 is 23.5 Å². The molecular weight excluding hydrogens is 511 g/mol. The van der Waals surface area contributed by atoms with Crippen molar-refractivity contribution in [2.24, 2.45) is 0 Å². The first-order valence-corrected chi connectivity index (χ1v) is 12.5. The largest absolute Gasteiger partial charge is 0.507 e. The molecule has 1 unspecified atom stereocenters. The molecule has 1 aliphatic heterocycles. The van der Waals surface area contributed by atoms with Gasteiger partial charge >= 0.3 is 5.91 Å². The number of thiazole rings is 1. The highest BCUT2D eigenvalue weighted by atomic mass is 32.1. The summed E-state index contributed by atoms with van der Waals surface area (Å²) in [5.74, 6) is -1.17. The van der Waals surface area contributed by atoms with Crippen molar-refractivity contribution >= 4 is 44.1 Å². The number of hydrogen-bond donors (Lipinski definition) is 1. The number of rotatable bonds is 7. The normalized spacial score (nSPS) is 16.7. The molecule has 1 amide bonds. The van der Waals surface area contributed by atoms with Gasteiger partial charge in [-0.15, -0.1) is 0 Å². The molecule has 8 nitrogen and oxygen atoms in total. The number of carbonyl (C=O) groups excluding carboxylic acids is 2. The van der Waals surface area contributed by atoms with Crippen LogP contribution in [0.25, 0.3) is 16.0 Å². The van der Waals surface area contributed by atoms with Crippen molar-refractivity contribution in [3.8, 4) is 17.2 Å². The van der Waals surface area contributed by atoms with E-state index in [1.807, 2.05) is 6.92 Å². The molecule has 1 aliphatic rings. The number of nitrogens with zero attached hydrogens (tertiary/aromatic N) is 2. The minimum atomic E-state index is -1.10. The fourth-order valence-electron chi connectivity index (χ4n) is 4.40. The molecule has 1 fully saturated rings. The summed E-state index contributed by atoms with van der Waals surface area (Å²) >= 11 is 1.06. The molecule has 5 rings (SSSR count). The van der Waals surface area contributed by atoms with Gasteiger partial charge in [0.2, 0.25) is 0 Å². The van der Waals surface area contributed by atoms with Gasteiger partial charge in [-0.05, 0) is 67.6 Å². The standard InChI is InChI=1S/C28H23FN2O6S/c1-4-37-17-8-5-15(6-9-17)25(32)23-24(19-14-18(35-2)10-12-21(19)36-3)31(27(34)26(23)33)28-30-20-11-7-16(29)13-22(20)38-28/h5-14,24,32H,4H2,1-3H3/b25-23+. The second-order valence-corrected chi connectivity index (χ2v) is 9.35. The minimum Gasteiger partial charge on any atom is -0.507 e. The number of fused-ring (bicyclic) bond motifs is 1. The Balaban J connectivity index is 1.74. The van der Waals surface area contributed by atoms with Gasteiger partial charge in [0, 0.05) is 11.1 Å². The van der Waals surface area contributed by atoms with Gasteiger partial charge < -0.3 is 19.3 Å². The third kappa shape index (κ3) is 4.32. The molecule has 0 spiro atoms. The highest BCUT2D eigenvalue weighted by Crippen LogP contribution is 2.47. The first-order chi connectivity index (χ1) is 18.4. The summed E-state index contributed by atoms with van der Waals surface area (Å²) in [5.41, 5.74) is 1.06. The van der Waals surface area contributed by atoms with Crippen LogP contribution in [0, 0.1) is 5.82 Å². The van der Waals surface area contributed by atoms with E-state index in [-0.39, 0.29) is 16.5 Å². The van der Waals surface area contributed by atoms with Crippen LogP contribution >= 0.6 is 11.3 Å². The molecule has 10 heteroatoms. The van der Waals surface area contributed by atoms with Crippen molar-refractivity contribution in [1.82, 2.24) is 4.98 Å². The third-order valence-electron chi connectivity index (χ3n) is 6.16. The first kappa shape index (κ1) is 25.2. The monoisotopic (exact) mass is 534 g/mol. The number of amides is 1. The Hall–Kier alpha value is -4.44. The van der Waals surface area contributed by atoms with Crippen LogP contribution < -0.4 is 19.1 Å². The van der Waals surface area contributed by atoms with Crippen LogP contribution in [0.15, 0.2) is 66.2 Å². The van der Waals surface area contributed by atoms with E-state index in [2.05, 4.69) is 4.98 Å². The number of Topliss-reactive ketones (excluding diaryl/α,β-unsaturated/α-hetero) is 1. The average Bonchev–Trinajstić information content (AvgIpc) is 3.45. The maximum absolute atomic E-state index is 13.9. The van der Waals surface area contributed by atoms with Gasteiger partial charge in [0.15, 0.2) is 5.13 Å². The maximum atomic E-state index is 13.9. The van der Waals surface area contributed by atoms with Crippen LogP contribution in [0.1, 0.15) is 24.1 Å². The quantitative estimate of drug-likeness (QED) is 0.191. The number of benzene rings is 3. The van der Waals surface area contributed by atoms with Gasteiger partial charge in [-0.3, -0.25) is 14.5 Å². The average molecular weight is 535 g/mol. The Morgan fingerprint density at radius 1 is 1.03 bits per heavy atom. The number of ketones is 1. The van der Waals surface area contributed by atoms with E-state index >= 15 is 0 Å². The van der Waals surface area contributed by atoms with E-state index in [1.165, 1.54) is 37.3 Å². The second-order valence-electron chi connectivity index (χ2n) is 8.34. The molecule has 1 N–H and O–H groups in total. The Morgan fingerprint density at radius 3 is 2.45 bits per heavy atom. The van der Waals surface area contributed by atoms with Crippen LogP contribution in [0.4, 0.5) is 9.52 Å². The summed E-state index contributed by atoms with van der Waals surface area (Å²) in [5, 5.41) is 11.6. The summed E-state index contributed by atoms with van der Waals surface area (Å²) in [6.07, 6.45) is 0. The highest BCUT2D eigenvalue weighted by molar-refractivity contribution is 7.22. The van der Waals surface area contributed by atoms with Crippen molar-refractivity contribution in [2.45, 2.75) is 13.0 Å². The molecule has 3 aromatic carbocycles. The molecule has 1 saturated heterocycles. The zero-order valence-corrected chi connectivity index (χ0v) is 21.5. The lowest BCUT2D eigenvalue weighted by Crippen LogP contribution is -2.29. The molecule has 4 aromatic rings. The molecule has 0 aliphatic carbocycles. The number of aromatic nitrogens is 1. The number of aliphatic hydroxyl groups is 1. The fraction of sp³-hybridized carbons (Fsp3) is 0.179. The van der Waals surface area contributed by atoms with Gasteiger partial charge in [-0.2, -0.15) is 0 Å². The summed E-state index contributed by atoms with van der Waals surface area (Å²) in [7, 11) is 2.95. The second kappa shape index (κ2) is 10.1. The zero-order chi connectivity index (χ0) is 27.0. The highest BCUT2D eigenvalue weighted by Gasteiger charge is 2.49. The Labute approximate surface area is 221 Å². The van der Waals surface area contributed by atoms with E-state index in [0.717, 1.165) is 11.3 Å². The van der Waals surface area contributed by atoms with Crippen LogP contribution in [0.2, 0.25) is 0 Å². The van der Waals surface area contributed by atoms with Gasteiger partial charge in [-0.1, -0.05) is 11.3 Å². The molecule has 2 heterocycles. The molecule has 194 valence electrons. The van der Waals surface area contributed by atoms with Crippen molar-refractivity contribution in [2.75, 3.05) is 25.7 Å². The molecule has 0 radical (unpaired) electrons. The number of carbonyl (C=O) groups is 2.